The lowest BCUT2D eigenvalue weighted by atomic mass is 9.97. The van der Waals surface area contributed by atoms with Crippen molar-refractivity contribution in [2.75, 3.05) is 0 Å². The molecule has 6 aromatic carbocycles. The molecule has 0 saturated heterocycles. The van der Waals surface area contributed by atoms with Crippen LogP contribution in [0.2, 0.25) is 0 Å². The van der Waals surface area contributed by atoms with E-state index in [2.05, 4.69) is 146 Å². The summed E-state index contributed by atoms with van der Waals surface area (Å²) >= 11 is 0. The normalized spacial score (nSPS) is 11.8. The molecule has 10 aromatic rings. The van der Waals surface area contributed by atoms with Crippen LogP contribution >= 0.6 is 0 Å². The van der Waals surface area contributed by atoms with E-state index in [1.54, 1.807) is 0 Å². The zero-order valence-electron chi connectivity index (χ0n) is 25.8. The van der Waals surface area contributed by atoms with E-state index in [1.165, 1.54) is 21.5 Å². The van der Waals surface area contributed by atoms with E-state index >= 15 is 0 Å². The van der Waals surface area contributed by atoms with E-state index in [0.29, 0.717) is 0 Å². The fourth-order valence-corrected chi connectivity index (χ4v) is 6.90. The molecule has 0 fully saturated rings. The fourth-order valence-electron chi connectivity index (χ4n) is 6.90. The Labute approximate surface area is 276 Å². The molecule has 4 heteroatoms. The summed E-state index contributed by atoms with van der Waals surface area (Å²) in [7, 11) is 0. The van der Waals surface area contributed by atoms with Gasteiger partial charge in [-0.1, -0.05) is 84.9 Å². The Morgan fingerprint density at radius 3 is 1.25 bits per heavy atom. The molecule has 4 nitrogen and oxygen atoms in total. The molecule has 48 heavy (non-hydrogen) atoms. The lowest BCUT2D eigenvalue weighted by Crippen LogP contribution is -1.93. The van der Waals surface area contributed by atoms with Gasteiger partial charge in [-0.25, -0.2) is 15.0 Å². The molecule has 4 aromatic heterocycles. The number of hydrogen-bond acceptors (Lipinski definition) is 4. The largest absolute Gasteiger partial charge is 0.254 e. The van der Waals surface area contributed by atoms with Crippen molar-refractivity contribution in [3.05, 3.63) is 158 Å². The number of fused-ring (bicyclic) bond motifs is 7. The lowest BCUT2D eigenvalue weighted by Gasteiger charge is -2.12. The number of rotatable bonds is 3. The van der Waals surface area contributed by atoms with E-state index in [9.17, 15) is 0 Å². The van der Waals surface area contributed by atoms with Gasteiger partial charge in [-0.05, 0) is 88.3 Å². The molecule has 0 unspecified atom stereocenters. The van der Waals surface area contributed by atoms with Crippen LogP contribution in [0, 0.1) is 0 Å². The molecule has 0 aliphatic carbocycles. The van der Waals surface area contributed by atoms with Gasteiger partial charge in [0, 0.05) is 44.4 Å². The molecule has 10 rings (SSSR count). The van der Waals surface area contributed by atoms with Crippen LogP contribution in [0.4, 0.5) is 0 Å². The SMILES string of the molecule is c1ccc2cc3nc(-c4cc(-c5ccc6cc7ccccc7cc6n5)cc(-c5ccc6ccc7cccnc7c6n5)c4)ccc3cc2c1. The summed E-state index contributed by atoms with van der Waals surface area (Å²) in [5, 5.41) is 9.15. The standard InChI is InChI=1S/C44H26N4/c1-3-8-31-25-41-33(20-29(31)6-1)14-17-38(46-41)35-22-36(39-18-15-34-21-30-7-2-4-9-32(30)26-42(34)47-39)24-37(23-35)40-16-13-28-12-11-27-10-5-19-45-43(27)44(28)48-40/h1-26H. The van der Waals surface area contributed by atoms with Gasteiger partial charge in [-0.3, -0.25) is 4.98 Å². The molecule has 0 aliphatic rings. The Morgan fingerprint density at radius 1 is 0.292 bits per heavy atom. The molecule has 222 valence electrons. The minimum absolute atomic E-state index is 0.877. The Hall–Kier alpha value is -6.52. The summed E-state index contributed by atoms with van der Waals surface area (Å²) in [6.45, 7) is 0. The summed E-state index contributed by atoms with van der Waals surface area (Å²) in [6, 6.07) is 53.3. The zero-order valence-corrected chi connectivity index (χ0v) is 25.8. The topological polar surface area (TPSA) is 51.6 Å². The molecular weight excluding hydrogens is 585 g/mol. The summed E-state index contributed by atoms with van der Waals surface area (Å²) < 4.78 is 0. The van der Waals surface area contributed by atoms with Crippen molar-refractivity contribution in [1.82, 2.24) is 19.9 Å². The molecular formula is C44H26N4. The average molecular weight is 611 g/mol. The van der Waals surface area contributed by atoms with Gasteiger partial charge < -0.3 is 0 Å². The van der Waals surface area contributed by atoms with Crippen molar-refractivity contribution in [2.24, 2.45) is 0 Å². The van der Waals surface area contributed by atoms with Crippen LogP contribution in [-0.2, 0) is 0 Å². The van der Waals surface area contributed by atoms with Crippen LogP contribution in [0.25, 0.3) is 98.9 Å². The number of hydrogen-bond donors (Lipinski definition) is 0. The second-order valence-electron chi connectivity index (χ2n) is 12.4. The van der Waals surface area contributed by atoms with Gasteiger partial charge in [0.2, 0.25) is 0 Å². The molecule has 0 N–H and O–H groups in total. The number of benzene rings is 6. The summed E-state index contributed by atoms with van der Waals surface area (Å²) in [5.74, 6) is 0. The third-order valence-electron chi connectivity index (χ3n) is 9.37. The first-order valence-electron chi connectivity index (χ1n) is 16.1. The second kappa shape index (κ2) is 10.5. The Morgan fingerprint density at radius 2 is 0.708 bits per heavy atom. The highest BCUT2D eigenvalue weighted by atomic mass is 14.8. The van der Waals surface area contributed by atoms with E-state index in [-0.39, 0.29) is 0 Å². The molecule has 0 atom stereocenters. The van der Waals surface area contributed by atoms with Crippen LogP contribution in [0.1, 0.15) is 0 Å². The van der Waals surface area contributed by atoms with Crippen LogP contribution in [-0.4, -0.2) is 19.9 Å². The van der Waals surface area contributed by atoms with Crippen LogP contribution in [0.3, 0.4) is 0 Å². The minimum Gasteiger partial charge on any atom is -0.254 e. The third kappa shape index (κ3) is 4.46. The summed E-state index contributed by atoms with van der Waals surface area (Å²) in [6.07, 6.45) is 1.83. The van der Waals surface area contributed by atoms with Gasteiger partial charge in [-0.2, -0.15) is 0 Å². The highest BCUT2D eigenvalue weighted by Crippen LogP contribution is 2.35. The monoisotopic (exact) mass is 610 g/mol. The Kier molecular flexibility index (Phi) is 5.84. The van der Waals surface area contributed by atoms with E-state index in [1.807, 2.05) is 12.3 Å². The van der Waals surface area contributed by atoms with Gasteiger partial charge >= 0.3 is 0 Å². The van der Waals surface area contributed by atoms with Crippen molar-refractivity contribution in [3.63, 3.8) is 0 Å². The fraction of sp³-hybridized carbons (Fsp3) is 0. The highest BCUT2D eigenvalue weighted by Gasteiger charge is 2.13. The second-order valence-corrected chi connectivity index (χ2v) is 12.4. The van der Waals surface area contributed by atoms with E-state index in [4.69, 9.17) is 19.9 Å². The Balaban J connectivity index is 1.19. The highest BCUT2D eigenvalue weighted by molar-refractivity contribution is 6.04. The number of pyridine rings is 4. The van der Waals surface area contributed by atoms with Crippen molar-refractivity contribution >= 4 is 65.2 Å². The maximum atomic E-state index is 5.21. The minimum atomic E-state index is 0.877. The van der Waals surface area contributed by atoms with Crippen LogP contribution < -0.4 is 0 Å². The third-order valence-corrected chi connectivity index (χ3v) is 9.37. The van der Waals surface area contributed by atoms with E-state index in [0.717, 1.165) is 77.4 Å². The first-order valence-corrected chi connectivity index (χ1v) is 16.1. The van der Waals surface area contributed by atoms with Crippen molar-refractivity contribution in [1.29, 1.82) is 0 Å². The van der Waals surface area contributed by atoms with Gasteiger partial charge in [0.05, 0.1) is 39.1 Å². The van der Waals surface area contributed by atoms with Crippen molar-refractivity contribution in [3.8, 4) is 33.8 Å². The maximum absolute atomic E-state index is 5.21. The van der Waals surface area contributed by atoms with E-state index < -0.39 is 0 Å². The van der Waals surface area contributed by atoms with Crippen LogP contribution in [0.15, 0.2) is 158 Å². The van der Waals surface area contributed by atoms with Gasteiger partial charge in [0.25, 0.3) is 0 Å². The summed E-state index contributed by atoms with van der Waals surface area (Å²) in [5.41, 5.74) is 9.43. The average Bonchev–Trinajstić information content (AvgIpc) is 3.15. The molecule has 0 radical (unpaired) electrons. The number of nitrogens with zero attached hydrogens (tertiary/aromatic N) is 4. The maximum Gasteiger partial charge on any atom is 0.0972 e. The molecule has 0 amide bonds. The smallest absolute Gasteiger partial charge is 0.0972 e. The summed E-state index contributed by atoms with van der Waals surface area (Å²) in [4.78, 5) is 20.3. The number of aromatic nitrogens is 4. The predicted octanol–water partition coefficient (Wildman–Crippen LogP) is 11.2. The van der Waals surface area contributed by atoms with Gasteiger partial charge in [-0.15, -0.1) is 0 Å². The zero-order chi connectivity index (χ0) is 31.6. The molecule has 4 heterocycles. The van der Waals surface area contributed by atoms with Crippen molar-refractivity contribution < 1.29 is 0 Å². The van der Waals surface area contributed by atoms with Crippen molar-refractivity contribution in [2.45, 2.75) is 0 Å². The quantitative estimate of drug-likeness (QED) is 0.147. The van der Waals surface area contributed by atoms with Crippen LogP contribution in [0.5, 0.6) is 0 Å². The molecule has 0 spiro atoms. The first kappa shape index (κ1) is 26.7. The van der Waals surface area contributed by atoms with Gasteiger partial charge in [0.15, 0.2) is 0 Å². The molecule has 0 saturated carbocycles. The molecule has 0 bridgehead atoms. The predicted molar refractivity (Wildman–Crippen MR) is 199 cm³/mol. The van der Waals surface area contributed by atoms with Gasteiger partial charge in [0.1, 0.15) is 0 Å². The Bertz CT molecular complexity index is 2770. The molecule has 0 aliphatic heterocycles. The first-order chi connectivity index (χ1) is 23.7. The lowest BCUT2D eigenvalue weighted by molar-refractivity contribution is 1.35.